The van der Waals surface area contributed by atoms with Crippen LogP contribution in [0, 0.1) is 20.8 Å². The summed E-state index contributed by atoms with van der Waals surface area (Å²) in [5, 5.41) is 4.67. The van der Waals surface area contributed by atoms with Gasteiger partial charge in [0.15, 0.2) is 0 Å². The molecule has 0 aliphatic rings. The highest BCUT2D eigenvalue weighted by molar-refractivity contribution is 7.04. The Balaban J connectivity index is 2.21. The SMILES string of the molecule is Cc1cc(C)cc(NC(=O)c2csnc2C)c1. The number of hydrogen-bond donors (Lipinski definition) is 1. The first-order valence-corrected chi connectivity index (χ1v) is 6.20. The highest BCUT2D eigenvalue weighted by Gasteiger charge is 2.11. The van der Waals surface area contributed by atoms with Gasteiger partial charge in [-0.3, -0.25) is 4.79 Å². The highest BCUT2D eigenvalue weighted by atomic mass is 32.1. The fourth-order valence-corrected chi connectivity index (χ4v) is 2.45. The van der Waals surface area contributed by atoms with Crippen molar-refractivity contribution in [3.63, 3.8) is 0 Å². The average Bonchev–Trinajstić information content (AvgIpc) is 2.62. The van der Waals surface area contributed by atoms with Crippen molar-refractivity contribution in [1.82, 2.24) is 4.37 Å². The van der Waals surface area contributed by atoms with Gasteiger partial charge < -0.3 is 5.32 Å². The number of nitrogens with one attached hydrogen (secondary N) is 1. The lowest BCUT2D eigenvalue weighted by Crippen LogP contribution is -2.12. The van der Waals surface area contributed by atoms with Gasteiger partial charge in [0, 0.05) is 11.1 Å². The van der Waals surface area contributed by atoms with Crippen LogP contribution in [0.4, 0.5) is 5.69 Å². The minimum atomic E-state index is -0.0961. The zero-order chi connectivity index (χ0) is 12.4. The van der Waals surface area contributed by atoms with E-state index >= 15 is 0 Å². The van der Waals surface area contributed by atoms with Crippen LogP contribution in [0.3, 0.4) is 0 Å². The summed E-state index contributed by atoms with van der Waals surface area (Å²) in [5.74, 6) is -0.0961. The molecule has 0 saturated carbocycles. The lowest BCUT2D eigenvalue weighted by atomic mass is 10.1. The number of nitrogens with zero attached hydrogens (tertiary/aromatic N) is 1. The van der Waals surface area contributed by atoms with E-state index in [4.69, 9.17) is 0 Å². The predicted molar refractivity (Wildman–Crippen MR) is 70.7 cm³/mol. The largest absolute Gasteiger partial charge is 0.322 e. The van der Waals surface area contributed by atoms with E-state index in [1.807, 2.05) is 32.9 Å². The zero-order valence-corrected chi connectivity index (χ0v) is 10.9. The van der Waals surface area contributed by atoms with Crippen LogP contribution in [0.1, 0.15) is 27.2 Å². The van der Waals surface area contributed by atoms with E-state index in [1.54, 1.807) is 5.38 Å². The summed E-state index contributed by atoms with van der Waals surface area (Å²) in [5.41, 5.74) is 4.53. The molecule has 0 radical (unpaired) electrons. The van der Waals surface area contributed by atoms with Crippen molar-refractivity contribution in [2.45, 2.75) is 20.8 Å². The van der Waals surface area contributed by atoms with Crippen molar-refractivity contribution in [1.29, 1.82) is 0 Å². The molecule has 17 heavy (non-hydrogen) atoms. The molecule has 0 unspecified atom stereocenters. The highest BCUT2D eigenvalue weighted by Crippen LogP contribution is 2.16. The molecule has 1 amide bonds. The number of benzene rings is 1. The maximum absolute atomic E-state index is 12.0. The summed E-state index contributed by atoms with van der Waals surface area (Å²) in [6, 6.07) is 5.99. The Bertz CT molecular complexity index is 540. The van der Waals surface area contributed by atoms with Gasteiger partial charge in [-0.15, -0.1) is 0 Å². The van der Waals surface area contributed by atoms with Crippen molar-refractivity contribution in [2.75, 3.05) is 5.32 Å². The number of hydrogen-bond acceptors (Lipinski definition) is 3. The number of aromatic nitrogens is 1. The molecule has 0 fully saturated rings. The van der Waals surface area contributed by atoms with Gasteiger partial charge in [-0.25, -0.2) is 0 Å². The van der Waals surface area contributed by atoms with E-state index < -0.39 is 0 Å². The molecule has 1 aromatic heterocycles. The number of amides is 1. The molecule has 2 rings (SSSR count). The fourth-order valence-electron chi connectivity index (χ4n) is 1.76. The van der Waals surface area contributed by atoms with Crippen LogP contribution in [-0.2, 0) is 0 Å². The minimum Gasteiger partial charge on any atom is -0.322 e. The average molecular weight is 246 g/mol. The maximum Gasteiger partial charge on any atom is 0.258 e. The van der Waals surface area contributed by atoms with Crippen LogP contribution >= 0.6 is 11.5 Å². The molecular weight excluding hydrogens is 232 g/mol. The Kier molecular flexibility index (Phi) is 3.24. The first kappa shape index (κ1) is 11.8. The van der Waals surface area contributed by atoms with Gasteiger partial charge in [-0.05, 0) is 55.6 Å². The molecule has 0 aliphatic carbocycles. The van der Waals surface area contributed by atoms with E-state index in [0.717, 1.165) is 22.5 Å². The fraction of sp³-hybridized carbons (Fsp3) is 0.231. The molecule has 1 aromatic carbocycles. The number of rotatable bonds is 2. The van der Waals surface area contributed by atoms with Gasteiger partial charge in [-0.1, -0.05) is 6.07 Å². The standard InChI is InChI=1S/C13H14N2OS/c1-8-4-9(2)6-11(5-8)14-13(16)12-7-17-15-10(12)3/h4-7H,1-3H3,(H,14,16). The summed E-state index contributed by atoms with van der Waals surface area (Å²) in [4.78, 5) is 12.0. The molecule has 0 atom stereocenters. The van der Waals surface area contributed by atoms with Crippen molar-refractivity contribution >= 4 is 23.1 Å². The normalized spacial score (nSPS) is 10.3. The molecule has 0 saturated heterocycles. The first-order valence-electron chi connectivity index (χ1n) is 5.37. The zero-order valence-electron chi connectivity index (χ0n) is 10.1. The lowest BCUT2D eigenvalue weighted by molar-refractivity contribution is 0.102. The molecule has 1 N–H and O–H groups in total. The summed E-state index contributed by atoms with van der Waals surface area (Å²) in [6.07, 6.45) is 0. The lowest BCUT2D eigenvalue weighted by Gasteiger charge is -2.06. The summed E-state index contributed by atoms with van der Waals surface area (Å²) < 4.78 is 4.10. The number of carbonyl (C=O) groups is 1. The molecule has 1 heterocycles. The van der Waals surface area contributed by atoms with Crippen LogP contribution in [-0.4, -0.2) is 10.3 Å². The second-order valence-electron chi connectivity index (χ2n) is 4.14. The van der Waals surface area contributed by atoms with Gasteiger partial charge in [0.2, 0.25) is 0 Å². The van der Waals surface area contributed by atoms with Crippen LogP contribution in [0.2, 0.25) is 0 Å². The van der Waals surface area contributed by atoms with Gasteiger partial charge in [0.1, 0.15) is 0 Å². The Morgan fingerprint density at radius 1 is 1.18 bits per heavy atom. The summed E-state index contributed by atoms with van der Waals surface area (Å²) in [7, 11) is 0. The third-order valence-electron chi connectivity index (χ3n) is 2.47. The molecule has 3 nitrogen and oxygen atoms in total. The van der Waals surface area contributed by atoms with E-state index in [9.17, 15) is 4.79 Å². The minimum absolute atomic E-state index is 0.0961. The predicted octanol–water partition coefficient (Wildman–Crippen LogP) is 3.32. The van der Waals surface area contributed by atoms with Gasteiger partial charge in [0.05, 0.1) is 11.3 Å². The van der Waals surface area contributed by atoms with Crippen LogP contribution in [0.15, 0.2) is 23.6 Å². The van der Waals surface area contributed by atoms with E-state index in [1.165, 1.54) is 11.5 Å². The molecule has 0 bridgehead atoms. The number of aryl methyl sites for hydroxylation is 3. The molecule has 0 aliphatic heterocycles. The Morgan fingerprint density at radius 2 is 1.82 bits per heavy atom. The second-order valence-corrected chi connectivity index (χ2v) is 4.77. The monoisotopic (exact) mass is 246 g/mol. The van der Waals surface area contributed by atoms with Crippen LogP contribution in [0.25, 0.3) is 0 Å². The Labute approximate surface area is 105 Å². The van der Waals surface area contributed by atoms with Gasteiger partial charge >= 0.3 is 0 Å². The Morgan fingerprint density at radius 3 is 2.35 bits per heavy atom. The third kappa shape index (κ3) is 2.71. The van der Waals surface area contributed by atoms with E-state index in [-0.39, 0.29) is 5.91 Å². The molecule has 2 aromatic rings. The molecule has 88 valence electrons. The molecule has 4 heteroatoms. The second kappa shape index (κ2) is 4.67. The number of anilines is 1. The van der Waals surface area contributed by atoms with Crippen molar-refractivity contribution in [2.24, 2.45) is 0 Å². The van der Waals surface area contributed by atoms with Gasteiger partial charge in [-0.2, -0.15) is 4.37 Å². The van der Waals surface area contributed by atoms with Crippen LogP contribution in [0.5, 0.6) is 0 Å². The third-order valence-corrected chi connectivity index (χ3v) is 3.19. The van der Waals surface area contributed by atoms with Crippen molar-refractivity contribution in [3.05, 3.63) is 46.0 Å². The maximum atomic E-state index is 12.0. The van der Waals surface area contributed by atoms with Crippen molar-refractivity contribution < 1.29 is 4.79 Å². The summed E-state index contributed by atoms with van der Waals surface area (Å²) >= 11 is 1.30. The Hall–Kier alpha value is -1.68. The number of carbonyl (C=O) groups excluding carboxylic acids is 1. The molecular formula is C13H14N2OS. The first-order chi connectivity index (χ1) is 8.06. The van der Waals surface area contributed by atoms with E-state index in [2.05, 4.69) is 15.8 Å². The van der Waals surface area contributed by atoms with Crippen LogP contribution < -0.4 is 5.32 Å². The smallest absolute Gasteiger partial charge is 0.258 e. The topological polar surface area (TPSA) is 42.0 Å². The van der Waals surface area contributed by atoms with Crippen molar-refractivity contribution in [3.8, 4) is 0 Å². The molecule has 0 spiro atoms. The summed E-state index contributed by atoms with van der Waals surface area (Å²) in [6.45, 7) is 5.87. The quantitative estimate of drug-likeness (QED) is 0.883. The van der Waals surface area contributed by atoms with Gasteiger partial charge in [0.25, 0.3) is 5.91 Å². The van der Waals surface area contributed by atoms with E-state index in [0.29, 0.717) is 5.56 Å².